The van der Waals surface area contributed by atoms with Gasteiger partial charge in [-0.3, -0.25) is 14.3 Å². The quantitative estimate of drug-likeness (QED) is 0.205. The van der Waals surface area contributed by atoms with E-state index in [0.29, 0.717) is 11.5 Å². The number of nitrogens with zero attached hydrogens (tertiary/aromatic N) is 1. The maximum atomic E-state index is 13.4. The minimum atomic E-state index is -3.94. The highest BCUT2D eigenvalue weighted by atomic mass is 32.2. The van der Waals surface area contributed by atoms with Gasteiger partial charge >= 0.3 is 0 Å². The van der Waals surface area contributed by atoms with Gasteiger partial charge in [0.1, 0.15) is 29.1 Å². The number of ether oxygens (including phenoxy) is 3. The number of hydrogen-bond donors (Lipinski definition) is 2. The summed E-state index contributed by atoms with van der Waals surface area (Å²) in [6, 6.07) is 24.0. The normalized spacial score (nSPS) is 11.6. The highest BCUT2D eigenvalue weighted by molar-refractivity contribution is 7.92. The molecular formula is C33H34FN3O7S. The number of amides is 2. The predicted octanol–water partition coefficient (Wildman–Crippen LogP) is 4.76. The first-order chi connectivity index (χ1) is 21.6. The molecule has 236 valence electrons. The number of carbonyl (C=O) groups excluding carboxylic acids is 2. The van der Waals surface area contributed by atoms with Crippen LogP contribution in [0.5, 0.6) is 17.2 Å². The van der Waals surface area contributed by atoms with E-state index in [1.807, 2.05) is 12.1 Å². The predicted molar refractivity (Wildman–Crippen MR) is 167 cm³/mol. The van der Waals surface area contributed by atoms with E-state index in [4.69, 9.17) is 14.2 Å². The molecule has 1 atom stereocenters. The number of benzene rings is 4. The zero-order valence-electron chi connectivity index (χ0n) is 25.0. The minimum Gasteiger partial charge on any atom is -0.497 e. The lowest BCUT2D eigenvalue weighted by molar-refractivity contribution is -0.142. The molecule has 0 fully saturated rings. The molecule has 0 saturated heterocycles. The van der Waals surface area contributed by atoms with Crippen LogP contribution in [0, 0.1) is 5.82 Å². The summed E-state index contributed by atoms with van der Waals surface area (Å²) in [6.45, 7) is 1.64. The molecular weight excluding hydrogens is 601 g/mol. The summed E-state index contributed by atoms with van der Waals surface area (Å²) in [5.74, 6) is 0.324. The molecule has 0 aromatic heterocycles. The summed E-state index contributed by atoms with van der Waals surface area (Å²) in [7, 11) is -0.808. The summed E-state index contributed by atoms with van der Waals surface area (Å²) in [6.07, 6.45) is 0. The fourth-order valence-electron chi connectivity index (χ4n) is 4.27. The number of halogens is 1. The van der Waals surface area contributed by atoms with E-state index >= 15 is 0 Å². The van der Waals surface area contributed by atoms with Crippen molar-refractivity contribution >= 4 is 27.5 Å². The van der Waals surface area contributed by atoms with E-state index < -0.39 is 34.4 Å². The van der Waals surface area contributed by atoms with Gasteiger partial charge in [0, 0.05) is 18.8 Å². The van der Waals surface area contributed by atoms with Crippen LogP contribution in [0.2, 0.25) is 0 Å². The van der Waals surface area contributed by atoms with Crippen molar-refractivity contribution in [3.05, 3.63) is 114 Å². The van der Waals surface area contributed by atoms with Gasteiger partial charge in [-0.2, -0.15) is 0 Å². The van der Waals surface area contributed by atoms with E-state index in [9.17, 15) is 22.4 Å². The molecule has 4 aromatic rings. The highest BCUT2D eigenvalue weighted by Crippen LogP contribution is 2.21. The first-order valence-corrected chi connectivity index (χ1v) is 15.4. The molecule has 0 bridgehead atoms. The Morgan fingerprint density at radius 1 is 0.778 bits per heavy atom. The van der Waals surface area contributed by atoms with Gasteiger partial charge in [-0.05, 0) is 90.8 Å². The number of rotatable bonds is 14. The zero-order chi connectivity index (χ0) is 32.4. The van der Waals surface area contributed by atoms with Crippen LogP contribution in [0.15, 0.2) is 102 Å². The molecule has 0 aliphatic rings. The van der Waals surface area contributed by atoms with Gasteiger partial charge < -0.3 is 24.4 Å². The Kier molecular flexibility index (Phi) is 11.0. The Morgan fingerprint density at radius 2 is 1.31 bits per heavy atom. The van der Waals surface area contributed by atoms with Crippen molar-refractivity contribution in [2.75, 3.05) is 25.5 Å². The van der Waals surface area contributed by atoms with Gasteiger partial charge in [0.2, 0.25) is 5.91 Å². The van der Waals surface area contributed by atoms with Gasteiger partial charge in [0.05, 0.1) is 19.1 Å². The van der Waals surface area contributed by atoms with Crippen LogP contribution in [0.1, 0.15) is 18.1 Å². The zero-order valence-corrected chi connectivity index (χ0v) is 25.8. The number of sulfonamides is 1. The van der Waals surface area contributed by atoms with Crippen molar-refractivity contribution in [3.63, 3.8) is 0 Å². The maximum Gasteiger partial charge on any atom is 0.261 e. The van der Waals surface area contributed by atoms with Crippen molar-refractivity contribution in [1.82, 2.24) is 10.2 Å². The number of hydrogen-bond acceptors (Lipinski definition) is 7. The SMILES string of the molecule is COc1ccc(CNC(=O)[C@@H](C)N(Cc2ccc(OC)cc2)C(=O)COc2ccc(S(=O)(=O)Nc3ccc(F)cc3)cc2)cc1. The lowest BCUT2D eigenvalue weighted by Gasteiger charge is -2.29. The third-order valence-electron chi connectivity index (χ3n) is 6.90. The van der Waals surface area contributed by atoms with Crippen molar-refractivity contribution in [1.29, 1.82) is 0 Å². The first-order valence-electron chi connectivity index (χ1n) is 13.9. The molecule has 0 aliphatic carbocycles. The average Bonchev–Trinajstić information content (AvgIpc) is 3.06. The van der Waals surface area contributed by atoms with Gasteiger partial charge in [-0.15, -0.1) is 0 Å². The molecule has 4 aromatic carbocycles. The third kappa shape index (κ3) is 9.19. The molecule has 10 nitrogen and oxygen atoms in total. The number of anilines is 1. The van der Waals surface area contributed by atoms with Crippen LogP contribution in [0.25, 0.3) is 0 Å². The van der Waals surface area contributed by atoms with Crippen LogP contribution in [0.4, 0.5) is 10.1 Å². The van der Waals surface area contributed by atoms with Crippen LogP contribution in [-0.4, -0.2) is 52.0 Å². The van der Waals surface area contributed by atoms with Crippen molar-refractivity contribution in [2.24, 2.45) is 0 Å². The second-order valence-electron chi connectivity index (χ2n) is 9.98. The smallest absolute Gasteiger partial charge is 0.261 e. The fourth-order valence-corrected chi connectivity index (χ4v) is 5.32. The van der Waals surface area contributed by atoms with Crippen LogP contribution < -0.4 is 24.2 Å². The van der Waals surface area contributed by atoms with Crippen molar-refractivity contribution < 1.29 is 36.6 Å². The lowest BCUT2D eigenvalue weighted by atomic mass is 10.1. The minimum absolute atomic E-state index is 0.0474. The Hall–Kier alpha value is -5.10. The van der Waals surface area contributed by atoms with E-state index in [2.05, 4.69) is 10.0 Å². The van der Waals surface area contributed by atoms with E-state index in [1.165, 1.54) is 41.3 Å². The van der Waals surface area contributed by atoms with Crippen LogP contribution in [-0.2, 0) is 32.7 Å². The molecule has 0 saturated carbocycles. The van der Waals surface area contributed by atoms with Gasteiger partial charge in [-0.1, -0.05) is 24.3 Å². The summed E-state index contributed by atoms with van der Waals surface area (Å²) in [5, 5.41) is 2.87. The van der Waals surface area contributed by atoms with E-state index in [1.54, 1.807) is 57.5 Å². The molecule has 0 spiro atoms. The standard InChI is InChI=1S/C33H34FN3O7S/c1-23(33(39)35-20-24-4-12-28(42-2)13-5-24)37(21-25-6-14-29(43-3)15-7-25)32(38)22-44-30-16-18-31(19-17-30)45(40,41)36-27-10-8-26(34)9-11-27/h4-19,23,36H,20-22H2,1-3H3,(H,35,39)/t23-/m1/s1. The first kappa shape index (κ1) is 32.8. The number of methoxy groups -OCH3 is 2. The van der Waals surface area contributed by atoms with Gasteiger partial charge in [0.25, 0.3) is 15.9 Å². The van der Waals surface area contributed by atoms with Crippen molar-refractivity contribution in [3.8, 4) is 17.2 Å². The largest absolute Gasteiger partial charge is 0.497 e. The Labute approximate surface area is 261 Å². The topological polar surface area (TPSA) is 123 Å². The Bertz CT molecular complexity index is 1680. The maximum absolute atomic E-state index is 13.4. The number of carbonyl (C=O) groups is 2. The second-order valence-corrected chi connectivity index (χ2v) is 11.7. The van der Waals surface area contributed by atoms with Crippen LogP contribution >= 0.6 is 0 Å². The lowest BCUT2D eigenvalue weighted by Crippen LogP contribution is -2.48. The highest BCUT2D eigenvalue weighted by Gasteiger charge is 2.26. The van der Waals surface area contributed by atoms with Gasteiger partial charge in [-0.25, -0.2) is 12.8 Å². The van der Waals surface area contributed by atoms with Gasteiger partial charge in [0.15, 0.2) is 6.61 Å². The van der Waals surface area contributed by atoms with E-state index in [-0.39, 0.29) is 35.3 Å². The van der Waals surface area contributed by atoms with Crippen molar-refractivity contribution in [2.45, 2.75) is 31.0 Å². The molecule has 2 amide bonds. The Morgan fingerprint density at radius 3 is 1.87 bits per heavy atom. The molecule has 0 heterocycles. The molecule has 0 aliphatic heterocycles. The average molecular weight is 636 g/mol. The summed E-state index contributed by atoms with van der Waals surface area (Å²) >= 11 is 0. The molecule has 12 heteroatoms. The monoisotopic (exact) mass is 635 g/mol. The summed E-state index contributed by atoms with van der Waals surface area (Å²) < 4.78 is 57.1. The molecule has 45 heavy (non-hydrogen) atoms. The number of nitrogens with one attached hydrogen (secondary N) is 2. The molecule has 0 radical (unpaired) electrons. The molecule has 4 rings (SSSR count). The summed E-state index contributed by atoms with van der Waals surface area (Å²) in [4.78, 5) is 28.0. The Balaban J connectivity index is 1.42. The molecule has 2 N–H and O–H groups in total. The summed E-state index contributed by atoms with van der Waals surface area (Å²) in [5.41, 5.74) is 1.86. The fraction of sp³-hybridized carbons (Fsp3) is 0.212. The van der Waals surface area contributed by atoms with Crippen LogP contribution in [0.3, 0.4) is 0 Å². The second kappa shape index (κ2) is 15.1. The molecule has 0 unspecified atom stereocenters. The van der Waals surface area contributed by atoms with E-state index in [0.717, 1.165) is 23.3 Å². The third-order valence-corrected chi connectivity index (χ3v) is 8.30.